The first-order valence-electron chi connectivity index (χ1n) is 6.80. The second kappa shape index (κ2) is 6.94. The Hall–Kier alpha value is -1.51. The Morgan fingerprint density at radius 1 is 1.35 bits per heavy atom. The van der Waals surface area contributed by atoms with Crippen molar-refractivity contribution in [2.45, 2.75) is 25.2 Å². The minimum absolute atomic E-state index is 0.0322. The number of sulfone groups is 1. The largest absolute Gasteiger partial charge is 0.296 e. The fraction of sp³-hybridized carbons (Fsp3) is 0.357. The molecular formula is C14H16ClN3O3S2. The van der Waals surface area contributed by atoms with Crippen molar-refractivity contribution in [3.05, 3.63) is 33.8 Å². The molecule has 0 aliphatic rings. The fourth-order valence-electron chi connectivity index (χ4n) is 1.81. The molecule has 1 N–H and O–H groups in total. The van der Waals surface area contributed by atoms with Gasteiger partial charge in [-0.2, -0.15) is 0 Å². The van der Waals surface area contributed by atoms with E-state index in [2.05, 4.69) is 29.4 Å². The standard InChI is InChI=1S/C14H16ClN3O3S2/c1-8(2)6-12-17-18-14(22-12)16-13(19)10-7-9(23(3,20)21)4-5-11(10)15/h4-5,7-8H,6H2,1-3H3,(H,16,18,19). The van der Waals surface area contributed by atoms with Gasteiger partial charge < -0.3 is 0 Å². The van der Waals surface area contributed by atoms with Gasteiger partial charge >= 0.3 is 0 Å². The zero-order valence-electron chi connectivity index (χ0n) is 12.8. The second-order valence-corrected chi connectivity index (χ2v) is 8.95. The third kappa shape index (κ3) is 4.73. The molecule has 2 rings (SSSR count). The monoisotopic (exact) mass is 373 g/mol. The lowest BCUT2D eigenvalue weighted by Gasteiger charge is -2.06. The van der Waals surface area contributed by atoms with Crippen molar-refractivity contribution < 1.29 is 13.2 Å². The normalized spacial score (nSPS) is 11.7. The maximum Gasteiger partial charge on any atom is 0.259 e. The summed E-state index contributed by atoms with van der Waals surface area (Å²) in [4.78, 5) is 12.3. The number of hydrogen-bond acceptors (Lipinski definition) is 6. The van der Waals surface area contributed by atoms with Gasteiger partial charge in [-0.1, -0.05) is 36.8 Å². The lowest BCUT2D eigenvalue weighted by Crippen LogP contribution is -2.13. The van der Waals surface area contributed by atoms with Gasteiger partial charge in [0.15, 0.2) is 9.84 Å². The number of halogens is 1. The summed E-state index contributed by atoms with van der Waals surface area (Å²) in [5, 5.41) is 11.9. The summed E-state index contributed by atoms with van der Waals surface area (Å²) >= 11 is 7.28. The molecule has 0 aliphatic heterocycles. The lowest BCUT2D eigenvalue weighted by atomic mass is 10.1. The topological polar surface area (TPSA) is 89.0 Å². The first-order valence-corrected chi connectivity index (χ1v) is 9.88. The van der Waals surface area contributed by atoms with Gasteiger partial charge in [0.05, 0.1) is 15.5 Å². The minimum Gasteiger partial charge on any atom is -0.296 e. The zero-order chi connectivity index (χ0) is 17.2. The molecule has 1 heterocycles. The first kappa shape index (κ1) is 17.8. The molecule has 124 valence electrons. The molecule has 0 saturated heterocycles. The maximum atomic E-state index is 12.3. The van der Waals surface area contributed by atoms with Crippen molar-refractivity contribution >= 4 is 43.8 Å². The average Bonchev–Trinajstić information content (AvgIpc) is 2.84. The first-order chi connectivity index (χ1) is 10.7. The summed E-state index contributed by atoms with van der Waals surface area (Å²) in [7, 11) is -3.42. The average molecular weight is 374 g/mol. The van der Waals surface area contributed by atoms with Crippen molar-refractivity contribution in [3.8, 4) is 0 Å². The number of carbonyl (C=O) groups is 1. The molecule has 0 fully saturated rings. The van der Waals surface area contributed by atoms with Crippen LogP contribution in [0.4, 0.5) is 5.13 Å². The molecule has 1 amide bonds. The number of rotatable bonds is 5. The van der Waals surface area contributed by atoms with E-state index >= 15 is 0 Å². The number of nitrogens with zero attached hydrogens (tertiary/aromatic N) is 2. The highest BCUT2D eigenvalue weighted by Gasteiger charge is 2.17. The quantitative estimate of drug-likeness (QED) is 0.870. The Morgan fingerprint density at radius 3 is 2.65 bits per heavy atom. The van der Waals surface area contributed by atoms with Crippen LogP contribution in [0.1, 0.15) is 29.2 Å². The summed E-state index contributed by atoms with van der Waals surface area (Å²) in [5.74, 6) is -0.0832. The van der Waals surface area contributed by atoms with E-state index in [1.807, 2.05) is 0 Å². The highest BCUT2D eigenvalue weighted by atomic mass is 35.5. The number of aromatic nitrogens is 2. The highest BCUT2D eigenvalue weighted by Crippen LogP contribution is 2.23. The van der Waals surface area contributed by atoms with E-state index in [-0.39, 0.29) is 15.5 Å². The molecule has 0 radical (unpaired) electrons. The van der Waals surface area contributed by atoms with Gasteiger partial charge in [-0.3, -0.25) is 10.1 Å². The molecule has 0 aliphatic carbocycles. The van der Waals surface area contributed by atoms with Crippen molar-refractivity contribution in [1.82, 2.24) is 10.2 Å². The van der Waals surface area contributed by atoms with Crippen LogP contribution < -0.4 is 5.32 Å². The third-order valence-electron chi connectivity index (χ3n) is 2.88. The SMILES string of the molecule is CC(C)Cc1nnc(NC(=O)c2cc(S(C)(=O)=O)ccc2Cl)s1. The summed E-state index contributed by atoms with van der Waals surface area (Å²) < 4.78 is 23.2. The molecule has 0 atom stereocenters. The van der Waals surface area contributed by atoms with E-state index in [4.69, 9.17) is 11.6 Å². The van der Waals surface area contributed by atoms with Gasteiger partial charge in [0.25, 0.3) is 5.91 Å². The maximum absolute atomic E-state index is 12.3. The Kier molecular flexibility index (Phi) is 5.38. The number of amides is 1. The predicted molar refractivity (Wildman–Crippen MR) is 91.0 cm³/mol. The molecule has 0 spiro atoms. The van der Waals surface area contributed by atoms with E-state index in [0.717, 1.165) is 17.7 Å². The summed E-state index contributed by atoms with van der Waals surface area (Å²) in [6, 6.07) is 4.00. The zero-order valence-corrected chi connectivity index (χ0v) is 15.2. The van der Waals surface area contributed by atoms with Crippen molar-refractivity contribution in [1.29, 1.82) is 0 Å². The van der Waals surface area contributed by atoms with Crippen LogP contribution in [0.3, 0.4) is 0 Å². The van der Waals surface area contributed by atoms with Gasteiger partial charge in [0, 0.05) is 12.7 Å². The minimum atomic E-state index is -3.42. The van der Waals surface area contributed by atoms with Gasteiger partial charge in [0.1, 0.15) is 5.01 Å². The van der Waals surface area contributed by atoms with Crippen molar-refractivity contribution in [2.24, 2.45) is 5.92 Å². The molecular weight excluding hydrogens is 358 g/mol. The second-order valence-electron chi connectivity index (χ2n) is 5.47. The molecule has 6 nitrogen and oxygen atoms in total. The number of benzene rings is 1. The van der Waals surface area contributed by atoms with E-state index < -0.39 is 15.7 Å². The number of hydrogen-bond donors (Lipinski definition) is 1. The molecule has 0 bridgehead atoms. The van der Waals surface area contributed by atoms with E-state index in [9.17, 15) is 13.2 Å². The fourth-order valence-corrected chi connectivity index (χ4v) is 3.61. The summed E-state index contributed by atoms with van der Waals surface area (Å²) in [6.07, 6.45) is 1.85. The summed E-state index contributed by atoms with van der Waals surface area (Å²) in [6.45, 7) is 4.13. The van der Waals surface area contributed by atoms with E-state index in [1.165, 1.54) is 29.5 Å². The Morgan fingerprint density at radius 2 is 2.04 bits per heavy atom. The van der Waals surface area contributed by atoms with Crippen molar-refractivity contribution in [2.75, 3.05) is 11.6 Å². The lowest BCUT2D eigenvalue weighted by molar-refractivity contribution is 0.102. The van der Waals surface area contributed by atoms with Gasteiger partial charge in [-0.05, 0) is 24.1 Å². The van der Waals surface area contributed by atoms with E-state index in [0.29, 0.717) is 11.0 Å². The Bertz CT molecular complexity index is 832. The highest BCUT2D eigenvalue weighted by molar-refractivity contribution is 7.90. The molecule has 1 aromatic heterocycles. The number of carbonyl (C=O) groups excluding carboxylic acids is 1. The molecule has 1 aromatic carbocycles. The van der Waals surface area contributed by atoms with Crippen LogP contribution in [-0.4, -0.2) is 30.8 Å². The van der Waals surface area contributed by atoms with E-state index in [1.54, 1.807) is 0 Å². The molecule has 0 saturated carbocycles. The van der Waals surface area contributed by atoms with Gasteiger partial charge in [0.2, 0.25) is 5.13 Å². The number of anilines is 1. The predicted octanol–water partition coefficient (Wildman–Crippen LogP) is 3.05. The molecule has 9 heteroatoms. The van der Waals surface area contributed by atoms with Gasteiger partial charge in [-0.25, -0.2) is 8.42 Å². The van der Waals surface area contributed by atoms with Crippen LogP contribution in [0, 0.1) is 5.92 Å². The van der Waals surface area contributed by atoms with Crippen LogP contribution >= 0.6 is 22.9 Å². The molecule has 0 unspecified atom stereocenters. The molecule has 2 aromatic rings. The van der Waals surface area contributed by atoms with Crippen LogP contribution in [-0.2, 0) is 16.3 Å². The Balaban J connectivity index is 2.22. The van der Waals surface area contributed by atoms with Crippen molar-refractivity contribution in [3.63, 3.8) is 0 Å². The smallest absolute Gasteiger partial charge is 0.259 e. The third-order valence-corrected chi connectivity index (χ3v) is 5.18. The van der Waals surface area contributed by atoms with Gasteiger partial charge in [-0.15, -0.1) is 10.2 Å². The Labute approximate surface area is 143 Å². The van der Waals surface area contributed by atoms with Crippen LogP contribution in [0.25, 0.3) is 0 Å². The summed E-state index contributed by atoms with van der Waals surface area (Å²) in [5.41, 5.74) is 0.0789. The van der Waals surface area contributed by atoms with Crippen LogP contribution in [0.15, 0.2) is 23.1 Å². The van der Waals surface area contributed by atoms with Crippen LogP contribution in [0.2, 0.25) is 5.02 Å². The number of nitrogens with one attached hydrogen (secondary N) is 1. The van der Waals surface area contributed by atoms with Crippen LogP contribution in [0.5, 0.6) is 0 Å². The molecule has 23 heavy (non-hydrogen) atoms.